The summed E-state index contributed by atoms with van der Waals surface area (Å²) >= 11 is 1.49. The van der Waals surface area contributed by atoms with E-state index in [1.54, 1.807) is 0 Å². The highest BCUT2D eigenvalue weighted by atomic mass is 32.1. The Hall–Kier alpha value is -2.96. The normalized spacial score (nSPS) is 14.7. The van der Waals surface area contributed by atoms with Crippen LogP contribution in [-0.2, 0) is 20.7 Å². The summed E-state index contributed by atoms with van der Waals surface area (Å²) in [6.07, 6.45) is 0.318. The van der Waals surface area contributed by atoms with Gasteiger partial charge in [0.15, 0.2) is 5.92 Å². The minimum absolute atomic E-state index is 0.0857. The molecule has 0 radical (unpaired) electrons. The van der Waals surface area contributed by atoms with Gasteiger partial charge < -0.3 is 15.6 Å². The minimum Gasteiger partial charge on any atom is -0.481 e. The van der Waals surface area contributed by atoms with Crippen molar-refractivity contribution in [2.45, 2.75) is 18.4 Å². The van der Waals surface area contributed by atoms with E-state index >= 15 is 0 Å². The number of ether oxygens (including phenoxy) is 1. The number of carbonyl (C=O) groups excluding carboxylic acids is 1. The maximum atomic E-state index is 12.7. The molecule has 0 amide bonds. The van der Waals surface area contributed by atoms with Gasteiger partial charge in [-0.3, -0.25) is 9.59 Å². The van der Waals surface area contributed by atoms with Crippen LogP contribution in [0.2, 0.25) is 0 Å². The van der Waals surface area contributed by atoms with Crippen molar-refractivity contribution in [2.75, 3.05) is 6.61 Å². The number of nitrogens with two attached hydrogens (primary N) is 1. The maximum Gasteiger partial charge on any atom is 0.321 e. The molecule has 3 N–H and O–H groups in total. The molecule has 0 fully saturated rings. The van der Waals surface area contributed by atoms with Crippen LogP contribution >= 0.6 is 11.3 Å². The van der Waals surface area contributed by atoms with Crippen LogP contribution in [0.4, 0.5) is 0 Å². The molecule has 5 nitrogen and oxygen atoms in total. The Morgan fingerprint density at radius 1 is 1.00 bits per heavy atom. The molecule has 1 aliphatic rings. The van der Waals surface area contributed by atoms with Crippen LogP contribution in [-0.4, -0.2) is 29.7 Å². The number of benzene rings is 2. The van der Waals surface area contributed by atoms with Crippen LogP contribution in [0.25, 0.3) is 11.1 Å². The fourth-order valence-electron chi connectivity index (χ4n) is 3.93. The quantitative estimate of drug-likeness (QED) is 0.461. The number of aliphatic carboxylic acids is 1. The van der Waals surface area contributed by atoms with Crippen molar-refractivity contribution in [1.82, 2.24) is 0 Å². The number of carbonyl (C=O) groups is 2. The standard InChI is InChI=1S/C23H21NO4S/c24-20(12-14-6-5-11-29-14)21(22(25)26)23(27)28-13-19-17-9-3-1-7-15(17)16-8-2-4-10-18(16)19/h1-11,19-21H,12-13,24H2,(H,25,26). The second kappa shape index (κ2) is 8.19. The molecular formula is C23H21NO4S. The number of fused-ring (bicyclic) bond motifs is 3. The number of hydrogen-bond acceptors (Lipinski definition) is 5. The molecular weight excluding hydrogens is 386 g/mol. The lowest BCUT2D eigenvalue weighted by Crippen LogP contribution is -2.43. The predicted molar refractivity (Wildman–Crippen MR) is 112 cm³/mol. The van der Waals surface area contributed by atoms with Crippen molar-refractivity contribution < 1.29 is 19.4 Å². The van der Waals surface area contributed by atoms with Crippen molar-refractivity contribution in [1.29, 1.82) is 0 Å². The zero-order chi connectivity index (χ0) is 20.4. The summed E-state index contributed by atoms with van der Waals surface area (Å²) in [6.45, 7) is 0.0857. The van der Waals surface area contributed by atoms with Gasteiger partial charge in [-0.15, -0.1) is 11.3 Å². The zero-order valence-corrected chi connectivity index (χ0v) is 16.5. The molecule has 1 aromatic heterocycles. The Bertz CT molecular complexity index is 985. The zero-order valence-electron chi connectivity index (χ0n) is 15.7. The average Bonchev–Trinajstić information content (AvgIpc) is 3.32. The van der Waals surface area contributed by atoms with Crippen LogP contribution in [0, 0.1) is 5.92 Å². The van der Waals surface area contributed by atoms with Crippen LogP contribution in [0.5, 0.6) is 0 Å². The van der Waals surface area contributed by atoms with Crippen LogP contribution in [0.1, 0.15) is 21.9 Å². The highest BCUT2D eigenvalue weighted by molar-refractivity contribution is 7.09. The first-order valence-electron chi connectivity index (χ1n) is 9.42. The van der Waals surface area contributed by atoms with Gasteiger partial charge in [-0.2, -0.15) is 0 Å². The smallest absolute Gasteiger partial charge is 0.321 e. The molecule has 1 heterocycles. The van der Waals surface area contributed by atoms with Crippen molar-refractivity contribution in [3.05, 3.63) is 82.0 Å². The number of carboxylic acids is 1. The van der Waals surface area contributed by atoms with Gasteiger partial charge in [0.1, 0.15) is 6.61 Å². The first kappa shape index (κ1) is 19.4. The molecule has 148 valence electrons. The van der Waals surface area contributed by atoms with Crippen molar-refractivity contribution in [3.8, 4) is 11.1 Å². The fraction of sp³-hybridized carbons (Fsp3) is 0.217. The Balaban J connectivity index is 1.50. The highest BCUT2D eigenvalue weighted by Gasteiger charge is 2.36. The molecule has 0 saturated heterocycles. The molecule has 3 aromatic rings. The summed E-state index contributed by atoms with van der Waals surface area (Å²) in [7, 11) is 0. The second-order valence-electron chi connectivity index (χ2n) is 7.12. The first-order valence-corrected chi connectivity index (χ1v) is 10.3. The molecule has 0 bridgehead atoms. The Morgan fingerprint density at radius 2 is 1.62 bits per heavy atom. The SMILES string of the molecule is NC(Cc1cccs1)C(C(=O)O)C(=O)OCC1c2ccccc2-c2ccccc21. The number of rotatable bonds is 7. The van der Waals surface area contributed by atoms with Crippen molar-refractivity contribution in [2.24, 2.45) is 11.7 Å². The topological polar surface area (TPSA) is 89.6 Å². The van der Waals surface area contributed by atoms with E-state index in [2.05, 4.69) is 0 Å². The molecule has 2 atom stereocenters. The van der Waals surface area contributed by atoms with E-state index in [0.717, 1.165) is 27.1 Å². The first-order chi connectivity index (χ1) is 14.1. The number of thiophene rings is 1. The van der Waals surface area contributed by atoms with Crippen molar-refractivity contribution in [3.63, 3.8) is 0 Å². The molecule has 2 aromatic carbocycles. The third-order valence-corrected chi connectivity index (χ3v) is 6.22. The Labute approximate surface area is 172 Å². The molecule has 4 rings (SSSR count). The number of carboxylic acid groups (broad SMARTS) is 1. The van der Waals surface area contributed by atoms with E-state index in [-0.39, 0.29) is 12.5 Å². The van der Waals surface area contributed by atoms with Gasteiger partial charge in [0.25, 0.3) is 0 Å². The summed E-state index contributed by atoms with van der Waals surface area (Å²) in [5.41, 5.74) is 10.5. The lowest BCUT2D eigenvalue weighted by Gasteiger charge is -2.20. The highest BCUT2D eigenvalue weighted by Crippen LogP contribution is 2.44. The maximum absolute atomic E-state index is 12.7. The number of esters is 1. The van der Waals surface area contributed by atoms with Crippen LogP contribution < -0.4 is 5.73 Å². The Morgan fingerprint density at radius 3 is 2.17 bits per heavy atom. The molecule has 1 aliphatic carbocycles. The second-order valence-corrected chi connectivity index (χ2v) is 8.15. The summed E-state index contributed by atoms with van der Waals surface area (Å²) in [5.74, 6) is -3.56. The largest absolute Gasteiger partial charge is 0.481 e. The average molecular weight is 407 g/mol. The lowest BCUT2D eigenvalue weighted by atomic mass is 9.96. The molecule has 29 heavy (non-hydrogen) atoms. The minimum atomic E-state index is -1.40. The third kappa shape index (κ3) is 3.81. The summed E-state index contributed by atoms with van der Waals surface area (Å²) < 4.78 is 5.51. The monoisotopic (exact) mass is 407 g/mol. The van der Waals surface area contributed by atoms with Crippen LogP contribution in [0.15, 0.2) is 66.0 Å². The Kier molecular flexibility index (Phi) is 5.47. The van der Waals surface area contributed by atoms with Gasteiger partial charge in [-0.1, -0.05) is 54.6 Å². The van der Waals surface area contributed by atoms with Crippen LogP contribution in [0.3, 0.4) is 0 Å². The van der Waals surface area contributed by atoms with E-state index < -0.39 is 23.9 Å². The predicted octanol–water partition coefficient (Wildman–Crippen LogP) is 3.67. The molecule has 0 aliphatic heterocycles. The summed E-state index contributed by atoms with van der Waals surface area (Å²) in [5, 5.41) is 11.5. The van der Waals surface area contributed by atoms with E-state index in [9.17, 15) is 14.7 Å². The van der Waals surface area contributed by atoms with Gasteiger partial charge in [0, 0.05) is 16.8 Å². The molecule has 2 unspecified atom stereocenters. The van der Waals surface area contributed by atoms with Gasteiger partial charge in [-0.25, -0.2) is 0 Å². The molecule has 0 spiro atoms. The lowest BCUT2D eigenvalue weighted by molar-refractivity contribution is -0.159. The summed E-state index contributed by atoms with van der Waals surface area (Å²) in [6, 6.07) is 18.9. The van der Waals surface area contributed by atoms with E-state index in [0.29, 0.717) is 6.42 Å². The molecule has 6 heteroatoms. The van der Waals surface area contributed by atoms with E-state index in [4.69, 9.17) is 10.5 Å². The van der Waals surface area contributed by atoms with Crippen molar-refractivity contribution >= 4 is 23.3 Å². The number of hydrogen-bond donors (Lipinski definition) is 2. The third-order valence-electron chi connectivity index (χ3n) is 5.32. The fourth-order valence-corrected chi connectivity index (χ4v) is 4.71. The van der Waals surface area contributed by atoms with Gasteiger partial charge >= 0.3 is 11.9 Å². The van der Waals surface area contributed by atoms with Gasteiger partial charge in [-0.05, 0) is 40.1 Å². The van der Waals surface area contributed by atoms with E-state index in [1.807, 2.05) is 66.0 Å². The van der Waals surface area contributed by atoms with Gasteiger partial charge in [0.2, 0.25) is 0 Å². The molecule has 0 saturated carbocycles. The van der Waals surface area contributed by atoms with Gasteiger partial charge in [0.05, 0.1) is 0 Å². The summed E-state index contributed by atoms with van der Waals surface area (Å²) in [4.78, 5) is 25.3. The van der Waals surface area contributed by atoms with E-state index in [1.165, 1.54) is 11.3 Å².